The molecule has 0 spiro atoms. The second-order valence-electron chi connectivity index (χ2n) is 4.30. The van der Waals surface area contributed by atoms with Crippen LogP contribution in [0, 0.1) is 11.7 Å². The van der Waals surface area contributed by atoms with E-state index in [1.54, 1.807) is 0 Å². The van der Waals surface area contributed by atoms with Gasteiger partial charge in [-0.15, -0.1) is 0 Å². The minimum Gasteiger partial charge on any atom is -0.397 e. The third-order valence-corrected chi connectivity index (χ3v) is 3.27. The number of nitrogens with one attached hydrogen (secondary N) is 1. The van der Waals surface area contributed by atoms with Gasteiger partial charge < -0.3 is 15.8 Å². The summed E-state index contributed by atoms with van der Waals surface area (Å²) in [6, 6.07) is 2.76. The number of rotatable bonds is 4. The maximum Gasteiger partial charge on any atom is 0.143 e. The highest BCUT2D eigenvalue weighted by atomic mass is 35.5. The van der Waals surface area contributed by atoms with Crippen LogP contribution in [0.15, 0.2) is 12.1 Å². The summed E-state index contributed by atoms with van der Waals surface area (Å²) in [6.45, 7) is 2.48. The smallest absolute Gasteiger partial charge is 0.143 e. The Bertz CT molecular complexity index is 394. The van der Waals surface area contributed by atoms with Gasteiger partial charge in [0.05, 0.1) is 16.4 Å². The van der Waals surface area contributed by atoms with Crippen molar-refractivity contribution in [3.05, 3.63) is 23.0 Å². The van der Waals surface area contributed by atoms with Crippen LogP contribution in [-0.4, -0.2) is 19.8 Å². The van der Waals surface area contributed by atoms with Gasteiger partial charge in [0.2, 0.25) is 0 Å². The molecule has 1 fully saturated rings. The molecule has 1 aromatic rings. The summed E-state index contributed by atoms with van der Waals surface area (Å²) < 4.78 is 18.4. The molecule has 0 aromatic heterocycles. The number of benzene rings is 1. The van der Waals surface area contributed by atoms with Crippen molar-refractivity contribution in [3.63, 3.8) is 0 Å². The predicted molar refractivity (Wildman–Crippen MR) is 67.9 cm³/mol. The molecule has 0 aliphatic carbocycles. The van der Waals surface area contributed by atoms with Gasteiger partial charge in [0, 0.05) is 25.8 Å². The Morgan fingerprint density at radius 1 is 1.53 bits per heavy atom. The van der Waals surface area contributed by atoms with E-state index in [1.165, 1.54) is 12.1 Å². The van der Waals surface area contributed by atoms with Crippen molar-refractivity contribution >= 4 is 23.0 Å². The Morgan fingerprint density at radius 2 is 2.35 bits per heavy atom. The molecule has 0 bridgehead atoms. The van der Waals surface area contributed by atoms with Crippen molar-refractivity contribution in [2.75, 3.05) is 30.8 Å². The summed E-state index contributed by atoms with van der Waals surface area (Å²) in [5.41, 5.74) is 6.77. The van der Waals surface area contributed by atoms with Gasteiger partial charge in [0.1, 0.15) is 5.82 Å². The first-order valence-electron chi connectivity index (χ1n) is 5.73. The summed E-state index contributed by atoms with van der Waals surface area (Å²) in [7, 11) is 0. The van der Waals surface area contributed by atoms with E-state index in [4.69, 9.17) is 22.1 Å². The second kappa shape index (κ2) is 5.56. The predicted octanol–water partition coefficient (Wildman–Crippen LogP) is 2.90. The monoisotopic (exact) mass is 258 g/mol. The first-order chi connectivity index (χ1) is 8.16. The average Bonchev–Trinajstić information content (AvgIpc) is 2.78. The maximum absolute atomic E-state index is 13.1. The van der Waals surface area contributed by atoms with E-state index >= 15 is 0 Å². The highest BCUT2D eigenvalue weighted by molar-refractivity contribution is 6.31. The zero-order valence-corrected chi connectivity index (χ0v) is 10.3. The van der Waals surface area contributed by atoms with Crippen molar-refractivity contribution < 1.29 is 9.13 Å². The molecule has 3 N–H and O–H groups in total. The SMILES string of the molecule is Nc1cc(F)c(Cl)cc1NCCC1CCOC1. The number of hydrogen-bond acceptors (Lipinski definition) is 3. The first-order valence-corrected chi connectivity index (χ1v) is 6.10. The summed E-state index contributed by atoms with van der Waals surface area (Å²) in [6.07, 6.45) is 2.13. The van der Waals surface area contributed by atoms with E-state index in [0.717, 1.165) is 32.6 Å². The lowest BCUT2D eigenvalue weighted by Gasteiger charge is -2.12. The van der Waals surface area contributed by atoms with Crippen molar-refractivity contribution in [3.8, 4) is 0 Å². The number of nitrogens with two attached hydrogens (primary N) is 1. The molecule has 0 amide bonds. The minimum absolute atomic E-state index is 0.0888. The second-order valence-corrected chi connectivity index (χ2v) is 4.71. The van der Waals surface area contributed by atoms with Gasteiger partial charge in [0.25, 0.3) is 0 Å². The fraction of sp³-hybridized carbons (Fsp3) is 0.500. The Hall–Kier alpha value is -1.00. The minimum atomic E-state index is -0.487. The van der Waals surface area contributed by atoms with Gasteiger partial charge in [-0.05, 0) is 24.8 Å². The summed E-state index contributed by atoms with van der Waals surface area (Å²) in [5, 5.41) is 3.26. The quantitative estimate of drug-likeness (QED) is 0.817. The number of hydrogen-bond donors (Lipinski definition) is 2. The number of anilines is 2. The molecule has 17 heavy (non-hydrogen) atoms. The van der Waals surface area contributed by atoms with E-state index < -0.39 is 5.82 Å². The molecule has 94 valence electrons. The first kappa shape index (κ1) is 12.5. The lowest BCUT2D eigenvalue weighted by Crippen LogP contribution is -2.10. The Labute approximate surface area is 105 Å². The van der Waals surface area contributed by atoms with Crippen LogP contribution in [0.25, 0.3) is 0 Å². The lowest BCUT2D eigenvalue weighted by molar-refractivity contribution is 0.185. The van der Waals surface area contributed by atoms with Crippen LogP contribution in [0.5, 0.6) is 0 Å². The molecular formula is C12H16ClFN2O. The Morgan fingerprint density at radius 3 is 3.06 bits per heavy atom. The molecule has 0 radical (unpaired) electrons. The maximum atomic E-state index is 13.1. The van der Waals surface area contributed by atoms with E-state index in [-0.39, 0.29) is 5.02 Å². The summed E-state index contributed by atoms with van der Waals surface area (Å²) >= 11 is 5.70. The zero-order valence-electron chi connectivity index (χ0n) is 9.51. The van der Waals surface area contributed by atoms with Crippen LogP contribution >= 0.6 is 11.6 Å². The van der Waals surface area contributed by atoms with Gasteiger partial charge in [-0.1, -0.05) is 11.6 Å². The number of halogens is 2. The molecule has 1 aliphatic rings. The van der Waals surface area contributed by atoms with Gasteiger partial charge >= 0.3 is 0 Å². The third-order valence-electron chi connectivity index (χ3n) is 2.98. The molecule has 1 heterocycles. The van der Waals surface area contributed by atoms with Crippen molar-refractivity contribution in [1.29, 1.82) is 0 Å². The van der Waals surface area contributed by atoms with Crippen LogP contribution in [0.2, 0.25) is 5.02 Å². The van der Waals surface area contributed by atoms with Gasteiger partial charge in [0.15, 0.2) is 0 Å². The van der Waals surface area contributed by atoms with Crippen LogP contribution in [-0.2, 0) is 4.74 Å². The van der Waals surface area contributed by atoms with Crippen LogP contribution in [0.1, 0.15) is 12.8 Å². The molecule has 1 atom stereocenters. The largest absolute Gasteiger partial charge is 0.397 e. The van der Waals surface area contributed by atoms with E-state index in [0.29, 0.717) is 17.3 Å². The Kier molecular flexibility index (Phi) is 4.07. The topological polar surface area (TPSA) is 47.3 Å². The third kappa shape index (κ3) is 3.23. The Balaban J connectivity index is 1.87. The molecule has 0 saturated carbocycles. The highest BCUT2D eigenvalue weighted by Gasteiger charge is 2.15. The fourth-order valence-corrected chi connectivity index (χ4v) is 2.10. The lowest BCUT2D eigenvalue weighted by atomic mass is 10.1. The van der Waals surface area contributed by atoms with Crippen molar-refractivity contribution in [1.82, 2.24) is 0 Å². The molecule has 5 heteroatoms. The number of ether oxygens (including phenoxy) is 1. The molecule has 1 saturated heterocycles. The highest BCUT2D eigenvalue weighted by Crippen LogP contribution is 2.26. The van der Waals surface area contributed by atoms with E-state index in [1.807, 2.05) is 0 Å². The van der Waals surface area contributed by atoms with Crippen LogP contribution in [0.3, 0.4) is 0 Å². The van der Waals surface area contributed by atoms with E-state index in [9.17, 15) is 4.39 Å². The van der Waals surface area contributed by atoms with E-state index in [2.05, 4.69) is 5.32 Å². The molecule has 1 aromatic carbocycles. The standard InChI is InChI=1S/C12H16ClFN2O/c13-9-5-12(11(15)6-10(9)14)16-3-1-8-2-4-17-7-8/h5-6,8,16H,1-4,7,15H2. The van der Waals surface area contributed by atoms with Crippen molar-refractivity contribution in [2.24, 2.45) is 5.92 Å². The summed E-state index contributed by atoms with van der Waals surface area (Å²) in [5.74, 6) is 0.124. The molecule has 1 aliphatic heterocycles. The normalized spacial score (nSPS) is 19.5. The van der Waals surface area contributed by atoms with Gasteiger partial charge in [-0.3, -0.25) is 0 Å². The average molecular weight is 259 g/mol. The van der Waals surface area contributed by atoms with Crippen LogP contribution < -0.4 is 11.1 Å². The van der Waals surface area contributed by atoms with Crippen molar-refractivity contribution in [2.45, 2.75) is 12.8 Å². The summed E-state index contributed by atoms with van der Waals surface area (Å²) in [4.78, 5) is 0. The van der Waals surface area contributed by atoms with Gasteiger partial charge in [-0.25, -0.2) is 4.39 Å². The fourth-order valence-electron chi connectivity index (χ4n) is 1.94. The van der Waals surface area contributed by atoms with Gasteiger partial charge in [-0.2, -0.15) is 0 Å². The zero-order chi connectivity index (χ0) is 12.3. The molecule has 3 nitrogen and oxygen atoms in total. The molecule has 1 unspecified atom stereocenters. The van der Waals surface area contributed by atoms with Crippen LogP contribution in [0.4, 0.5) is 15.8 Å². The molecule has 2 rings (SSSR count). The molecular weight excluding hydrogens is 243 g/mol. The number of nitrogen functional groups attached to an aromatic ring is 1.